The third-order valence-electron chi connectivity index (χ3n) is 7.82. The Labute approximate surface area is 239 Å². The van der Waals surface area contributed by atoms with Crippen LogP contribution in [0.3, 0.4) is 0 Å². The first-order valence-corrected chi connectivity index (χ1v) is 14.1. The summed E-state index contributed by atoms with van der Waals surface area (Å²) in [6.07, 6.45) is 3.32. The number of aromatic nitrogens is 2. The maximum atomic E-state index is 12.8. The predicted octanol–water partition coefficient (Wildman–Crippen LogP) is 5.80. The Morgan fingerprint density at radius 2 is 1.93 bits per heavy atom. The molecule has 1 N–H and O–H groups in total. The van der Waals surface area contributed by atoms with Crippen LogP contribution in [-0.2, 0) is 4.74 Å². The molecule has 2 fully saturated rings. The van der Waals surface area contributed by atoms with Crippen molar-refractivity contribution in [1.82, 2.24) is 20.2 Å². The van der Waals surface area contributed by atoms with Gasteiger partial charge in [-0.2, -0.15) is 0 Å². The average Bonchev–Trinajstić information content (AvgIpc) is 3.39. The zero-order valence-electron chi connectivity index (χ0n) is 23.5. The number of ether oxygens (including phenoxy) is 2. The number of hydrogen-bond donors (Lipinski definition) is 1. The number of rotatable bonds is 7. The molecule has 0 atom stereocenters. The summed E-state index contributed by atoms with van der Waals surface area (Å²) in [5.74, 6) is 1.29. The lowest BCUT2D eigenvalue weighted by Crippen LogP contribution is -2.61. The first-order valence-electron chi connectivity index (χ1n) is 14.1. The summed E-state index contributed by atoms with van der Waals surface area (Å²) in [6.45, 7) is 17.1. The summed E-state index contributed by atoms with van der Waals surface area (Å²) in [6, 6.07) is 13.7. The van der Waals surface area contributed by atoms with Gasteiger partial charge < -0.3 is 24.1 Å². The van der Waals surface area contributed by atoms with Crippen LogP contribution in [0.15, 0.2) is 53.1 Å². The lowest BCUT2D eigenvalue weighted by Gasteiger charge is -2.42. The molecule has 210 valence electrons. The van der Waals surface area contributed by atoms with Crippen LogP contribution < -0.4 is 10.1 Å². The second-order valence-electron chi connectivity index (χ2n) is 11.0. The fourth-order valence-corrected chi connectivity index (χ4v) is 5.38. The largest absolute Gasteiger partial charge is 0.499 e. The maximum absolute atomic E-state index is 12.8. The van der Waals surface area contributed by atoms with Gasteiger partial charge in [-0.25, -0.2) is 0 Å². The molecule has 2 saturated heterocycles. The molecule has 9 heteroatoms. The SMILES string of the molecule is [C-]#[N+]c1nc(-c2ccnc3cc(-c4ccc(C(=O)NC5CN(C(C)C)C5)cc4C)oc23)ccc1OC1CCOCC1. The van der Waals surface area contributed by atoms with Gasteiger partial charge in [0, 0.05) is 55.4 Å². The number of nitrogens with zero attached hydrogens (tertiary/aromatic N) is 4. The summed E-state index contributed by atoms with van der Waals surface area (Å²) >= 11 is 0. The fourth-order valence-electron chi connectivity index (χ4n) is 5.38. The topological polar surface area (TPSA) is 94.1 Å². The van der Waals surface area contributed by atoms with Crippen molar-refractivity contribution in [1.29, 1.82) is 0 Å². The van der Waals surface area contributed by atoms with E-state index in [1.807, 2.05) is 43.3 Å². The monoisotopic (exact) mass is 551 g/mol. The molecule has 2 aliphatic rings. The summed E-state index contributed by atoms with van der Waals surface area (Å²) in [4.78, 5) is 27.9. The summed E-state index contributed by atoms with van der Waals surface area (Å²) in [7, 11) is 0. The van der Waals surface area contributed by atoms with E-state index >= 15 is 0 Å². The molecular weight excluding hydrogens is 518 g/mol. The van der Waals surface area contributed by atoms with Gasteiger partial charge in [-0.15, -0.1) is 4.98 Å². The molecule has 2 aliphatic heterocycles. The van der Waals surface area contributed by atoms with Gasteiger partial charge in [0.1, 0.15) is 23.1 Å². The van der Waals surface area contributed by atoms with Crippen LogP contribution in [0.5, 0.6) is 5.75 Å². The molecule has 0 aliphatic carbocycles. The lowest BCUT2D eigenvalue weighted by atomic mass is 10.0. The third kappa shape index (κ3) is 5.53. The summed E-state index contributed by atoms with van der Waals surface area (Å²) < 4.78 is 17.8. The minimum absolute atomic E-state index is 0.0197. The highest BCUT2D eigenvalue weighted by molar-refractivity contribution is 5.96. The second kappa shape index (κ2) is 11.3. The van der Waals surface area contributed by atoms with Crippen LogP contribution in [0.25, 0.3) is 38.5 Å². The van der Waals surface area contributed by atoms with Crippen molar-refractivity contribution in [3.05, 3.63) is 71.2 Å². The molecule has 0 radical (unpaired) electrons. The summed E-state index contributed by atoms with van der Waals surface area (Å²) in [5.41, 5.74) is 5.07. The quantitative estimate of drug-likeness (QED) is 0.290. The van der Waals surface area contributed by atoms with Gasteiger partial charge in [-0.05, 0) is 56.7 Å². The number of carbonyl (C=O) groups excluding carboxylic acids is 1. The number of aryl methyl sites for hydroxylation is 1. The van der Waals surface area contributed by atoms with E-state index in [-0.39, 0.29) is 23.9 Å². The molecule has 0 bridgehead atoms. The van der Waals surface area contributed by atoms with Crippen LogP contribution in [0, 0.1) is 13.5 Å². The predicted molar refractivity (Wildman–Crippen MR) is 156 cm³/mol. The Balaban J connectivity index is 1.23. The van der Waals surface area contributed by atoms with Crippen LogP contribution in [-0.4, -0.2) is 65.3 Å². The van der Waals surface area contributed by atoms with Gasteiger partial charge in [-0.1, -0.05) is 12.6 Å². The molecule has 5 heterocycles. The number of furan rings is 1. The first kappa shape index (κ1) is 26.9. The van der Waals surface area contributed by atoms with E-state index in [1.54, 1.807) is 12.3 Å². The molecule has 41 heavy (non-hydrogen) atoms. The smallest absolute Gasteiger partial charge is 0.312 e. The molecule has 4 aromatic rings. The zero-order valence-corrected chi connectivity index (χ0v) is 23.5. The first-order chi connectivity index (χ1) is 19.9. The molecule has 9 nitrogen and oxygen atoms in total. The Morgan fingerprint density at radius 3 is 2.66 bits per heavy atom. The van der Waals surface area contributed by atoms with Gasteiger partial charge in [0.25, 0.3) is 5.91 Å². The Hall–Kier alpha value is -4.26. The van der Waals surface area contributed by atoms with E-state index in [9.17, 15) is 4.79 Å². The van der Waals surface area contributed by atoms with Crippen LogP contribution in [0.1, 0.15) is 42.6 Å². The molecule has 3 aromatic heterocycles. The standard InChI is InChI=1S/C32H33N5O4/c1-19(2)37-17-22(18-37)35-32(38)21-5-6-24(20(3)15-21)29-16-27-30(41-29)25(9-12-34-27)26-7-8-28(31(33-4)36-26)40-23-10-13-39-14-11-23/h5-9,12,15-16,19,22-23H,10-11,13-14,17-18H2,1-3H3,(H,35,38). The maximum Gasteiger partial charge on any atom is 0.312 e. The number of benzene rings is 1. The highest BCUT2D eigenvalue weighted by Gasteiger charge is 2.30. The normalized spacial score (nSPS) is 16.5. The average molecular weight is 552 g/mol. The van der Waals surface area contributed by atoms with E-state index in [0.29, 0.717) is 53.1 Å². The van der Waals surface area contributed by atoms with Crippen LogP contribution in [0.2, 0.25) is 0 Å². The minimum atomic E-state index is -0.0625. The van der Waals surface area contributed by atoms with Crippen LogP contribution in [0.4, 0.5) is 5.82 Å². The molecule has 1 aromatic carbocycles. The van der Waals surface area contributed by atoms with Gasteiger partial charge in [-0.3, -0.25) is 14.7 Å². The fraction of sp³-hybridized carbons (Fsp3) is 0.375. The lowest BCUT2D eigenvalue weighted by molar-refractivity contribution is 0.0258. The second-order valence-corrected chi connectivity index (χ2v) is 11.0. The Kier molecular flexibility index (Phi) is 7.43. The molecule has 0 spiro atoms. The van der Waals surface area contributed by atoms with Crippen molar-refractivity contribution in [2.45, 2.75) is 51.8 Å². The van der Waals surface area contributed by atoms with Crippen molar-refractivity contribution in [2.75, 3.05) is 26.3 Å². The van der Waals surface area contributed by atoms with Gasteiger partial charge in [0.2, 0.25) is 0 Å². The van der Waals surface area contributed by atoms with Crippen molar-refractivity contribution in [3.8, 4) is 28.3 Å². The number of fused-ring (bicyclic) bond motifs is 1. The zero-order chi connectivity index (χ0) is 28.5. The minimum Gasteiger partial charge on any atom is -0.499 e. The third-order valence-corrected chi connectivity index (χ3v) is 7.82. The van der Waals surface area contributed by atoms with E-state index in [2.05, 4.69) is 38.9 Å². The van der Waals surface area contributed by atoms with Gasteiger partial charge in [0.05, 0.1) is 24.8 Å². The number of carbonyl (C=O) groups is 1. The van der Waals surface area contributed by atoms with E-state index < -0.39 is 0 Å². The van der Waals surface area contributed by atoms with Crippen molar-refractivity contribution in [2.24, 2.45) is 0 Å². The van der Waals surface area contributed by atoms with Crippen molar-refractivity contribution < 1.29 is 18.7 Å². The number of nitrogens with one attached hydrogen (secondary N) is 1. The Morgan fingerprint density at radius 1 is 1.12 bits per heavy atom. The van der Waals surface area contributed by atoms with Gasteiger partial charge in [0.15, 0.2) is 11.3 Å². The highest BCUT2D eigenvalue weighted by atomic mass is 16.5. The molecular formula is C32H33N5O4. The van der Waals surface area contributed by atoms with E-state index in [0.717, 1.165) is 42.6 Å². The molecule has 6 rings (SSSR count). The number of pyridine rings is 2. The highest BCUT2D eigenvalue weighted by Crippen LogP contribution is 2.37. The molecule has 1 amide bonds. The molecule has 0 unspecified atom stereocenters. The number of amides is 1. The number of hydrogen-bond acceptors (Lipinski definition) is 7. The van der Waals surface area contributed by atoms with E-state index in [4.69, 9.17) is 20.5 Å². The van der Waals surface area contributed by atoms with Gasteiger partial charge >= 0.3 is 5.82 Å². The number of likely N-dealkylation sites (tertiary alicyclic amines) is 1. The van der Waals surface area contributed by atoms with Crippen molar-refractivity contribution >= 4 is 22.8 Å². The molecule has 0 saturated carbocycles. The summed E-state index contributed by atoms with van der Waals surface area (Å²) in [5, 5.41) is 3.13. The Bertz CT molecular complexity index is 1630. The van der Waals surface area contributed by atoms with E-state index in [1.165, 1.54) is 0 Å². The van der Waals surface area contributed by atoms with Crippen molar-refractivity contribution in [3.63, 3.8) is 0 Å². The van der Waals surface area contributed by atoms with Crippen LogP contribution >= 0.6 is 0 Å².